The number of hydrogen-bond donors (Lipinski definition) is 1. The van der Waals surface area contributed by atoms with Crippen LogP contribution < -0.4 is 5.32 Å². The van der Waals surface area contributed by atoms with Crippen LogP contribution in [0, 0.1) is 11.7 Å². The van der Waals surface area contributed by atoms with E-state index in [1.54, 1.807) is 0 Å². The number of hydrogen-bond acceptors (Lipinski definition) is 1. The Morgan fingerprint density at radius 3 is 2.15 bits per heavy atom. The second kappa shape index (κ2) is 10.4. The van der Waals surface area contributed by atoms with Gasteiger partial charge >= 0.3 is 0 Å². The van der Waals surface area contributed by atoms with Gasteiger partial charge in [0.15, 0.2) is 0 Å². The molecule has 0 saturated heterocycles. The molecule has 1 fully saturated rings. The first-order valence-corrected chi connectivity index (χ1v) is 7.71. The zero-order chi connectivity index (χ0) is 15.5. The van der Waals surface area contributed by atoms with E-state index in [0.717, 1.165) is 12.3 Å². The molecule has 0 spiro atoms. The van der Waals surface area contributed by atoms with E-state index in [0.29, 0.717) is 5.56 Å². The summed E-state index contributed by atoms with van der Waals surface area (Å²) in [7, 11) is 0. The highest BCUT2D eigenvalue weighted by Crippen LogP contribution is 2.33. The summed E-state index contributed by atoms with van der Waals surface area (Å²) in [5, 5.41) is 2.93. The molecule has 2 rings (SSSR count). The fourth-order valence-corrected chi connectivity index (χ4v) is 1.82. The average Bonchev–Trinajstić information content (AvgIpc) is 3.27. The van der Waals surface area contributed by atoms with Gasteiger partial charge < -0.3 is 5.32 Å². The summed E-state index contributed by atoms with van der Waals surface area (Å²) in [6.45, 7) is 10.0. The van der Waals surface area contributed by atoms with Gasteiger partial charge in [-0.2, -0.15) is 0 Å². The van der Waals surface area contributed by atoms with E-state index in [4.69, 9.17) is 0 Å². The van der Waals surface area contributed by atoms with Crippen LogP contribution >= 0.6 is 0 Å². The molecule has 0 aliphatic heterocycles. The zero-order valence-corrected chi connectivity index (χ0v) is 13.4. The first-order valence-electron chi connectivity index (χ1n) is 7.71. The van der Waals surface area contributed by atoms with Gasteiger partial charge in [0.1, 0.15) is 5.82 Å². The summed E-state index contributed by atoms with van der Waals surface area (Å²) >= 11 is 0. The van der Waals surface area contributed by atoms with Crippen molar-refractivity contribution in [3.63, 3.8) is 0 Å². The largest absolute Gasteiger partial charge is 0.350 e. The minimum Gasteiger partial charge on any atom is -0.350 e. The molecule has 0 heterocycles. The van der Waals surface area contributed by atoms with Gasteiger partial charge in [0.2, 0.25) is 0 Å². The van der Waals surface area contributed by atoms with Gasteiger partial charge in [-0.3, -0.25) is 4.79 Å². The first-order chi connectivity index (χ1) is 9.65. The van der Waals surface area contributed by atoms with Crippen molar-refractivity contribution in [2.75, 3.05) is 0 Å². The number of nitrogens with one attached hydrogen (secondary N) is 1. The van der Waals surface area contributed by atoms with Crippen molar-refractivity contribution in [2.24, 2.45) is 5.92 Å². The van der Waals surface area contributed by atoms with Gasteiger partial charge in [-0.05, 0) is 43.5 Å². The molecule has 20 heavy (non-hydrogen) atoms. The Kier molecular flexibility index (Phi) is 9.69. The standard InChI is InChI=1S/C13H16FNO.2C2H6/c1-9(8-10-2-3-10)15-13(16)11-4-6-12(14)7-5-11;2*1-2/h4-7,9-10H,2-3,8H2,1H3,(H,15,16);2*1-2H3. The van der Waals surface area contributed by atoms with Crippen LogP contribution in [0.25, 0.3) is 0 Å². The van der Waals surface area contributed by atoms with E-state index in [2.05, 4.69) is 5.32 Å². The molecule has 0 aromatic heterocycles. The fourth-order valence-electron chi connectivity index (χ4n) is 1.82. The van der Waals surface area contributed by atoms with Gasteiger partial charge in [-0.1, -0.05) is 40.5 Å². The minimum absolute atomic E-state index is 0.117. The summed E-state index contributed by atoms with van der Waals surface area (Å²) in [5.74, 6) is 0.360. The smallest absolute Gasteiger partial charge is 0.251 e. The van der Waals surface area contributed by atoms with Crippen molar-refractivity contribution in [1.29, 1.82) is 0 Å². The third kappa shape index (κ3) is 7.27. The van der Waals surface area contributed by atoms with Crippen molar-refractivity contribution in [1.82, 2.24) is 5.32 Å². The van der Waals surface area contributed by atoms with Gasteiger partial charge in [0.05, 0.1) is 0 Å². The second-order valence-electron chi connectivity index (χ2n) is 4.56. The molecule has 1 aromatic rings. The Bertz CT molecular complexity index is 371. The van der Waals surface area contributed by atoms with E-state index >= 15 is 0 Å². The van der Waals surface area contributed by atoms with Gasteiger partial charge in [0.25, 0.3) is 5.91 Å². The van der Waals surface area contributed by atoms with Gasteiger partial charge in [-0.15, -0.1) is 0 Å². The third-order valence-electron chi connectivity index (χ3n) is 2.87. The number of halogens is 1. The Balaban J connectivity index is 0.000000829. The van der Waals surface area contributed by atoms with Crippen LogP contribution in [-0.4, -0.2) is 11.9 Å². The monoisotopic (exact) mass is 281 g/mol. The molecule has 3 heteroatoms. The maximum atomic E-state index is 12.7. The van der Waals surface area contributed by atoms with Crippen molar-refractivity contribution >= 4 is 5.91 Å². The molecule has 1 aliphatic rings. The lowest BCUT2D eigenvalue weighted by molar-refractivity contribution is 0.0937. The number of carbonyl (C=O) groups excluding carboxylic acids is 1. The Morgan fingerprint density at radius 2 is 1.70 bits per heavy atom. The quantitative estimate of drug-likeness (QED) is 0.844. The maximum absolute atomic E-state index is 12.7. The SMILES string of the molecule is CC.CC.CC(CC1CC1)NC(=O)c1ccc(F)cc1. The van der Waals surface area contributed by atoms with E-state index in [-0.39, 0.29) is 17.8 Å². The molecule has 1 unspecified atom stereocenters. The lowest BCUT2D eigenvalue weighted by Crippen LogP contribution is -2.32. The maximum Gasteiger partial charge on any atom is 0.251 e. The molecule has 0 radical (unpaired) electrons. The number of carbonyl (C=O) groups is 1. The highest BCUT2D eigenvalue weighted by molar-refractivity contribution is 5.94. The normalized spacial score (nSPS) is 14.1. The van der Waals surface area contributed by atoms with E-state index in [1.165, 1.54) is 37.1 Å². The Labute approximate surface area is 122 Å². The molecule has 1 aromatic carbocycles. The third-order valence-corrected chi connectivity index (χ3v) is 2.87. The molecule has 0 bridgehead atoms. The number of amides is 1. The zero-order valence-electron chi connectivity index (χ0n) is 13.4. The molecule has 1 N–H and O–H groups in total. The molecule has 114 valence electrons. The highest BCUT2D eigenvalue weighted by Gasteiger charge is 2.24. The van der Waals surface area contributed by atoms with Crippen LogP contribution in [0.3, 0.4) is 0 Å². The lowest BCUT2D eigenvalue weighted by Gasteiger charge is -2.13. The predicted octanol–water partition coefficient (Wildman–Crippen LogP) is 4.80. The molecular weight excluding hydrogens is 253 g/mol. The van der Waals surface area contributed by atoms with Gasteiger partial charge in [-0.25, -0.2) is 4.39 Å². The van der Waals surface area contributed by atoms with Gasteiger partial charge in [0, 0.05) is 11.6 Å². The lowest BCUT2D eigenvalue weighted by atomic mass is 10.1. The van der Waals surface area contributed by atoms with Crippen molar-refractivity contribution in [3.05, 3.63) is 35.6 Å². The molecule has 1 atom stereocenters. The van der Waals surface area contributed by atoms with Crippen LogP contribution in [0.4, 0.5) is 4.39 Å². The van der Waals surface area contributed by atoms with Crippen molar-refractivity contribution in [3.8, 4) is 0 Å². The van der Waals surface area contributed by atoms with Crippen LogP contribution in [0.15, 0.2) is 24.3 Å². The number of rotatable bonds is 4. The second-order valence-corrected chi connectivity index (χ2v) is 4.56. The fraction of sp³-hybridized carbons (Fsp3) is 0.588. The molecule has 1 amide bonds. The van der Waals surface area contributed by atoms with Crippen LogP contribution in [-0.2, 0) is 0 Å². The summed E-state index contributed by atoms with van der Waals surface area (Å²) < 4.78 is 12.7. The van der Waals surface area contributed by atoms with Crippen molar-refractivity contribution in [2.45, 2.75) is 59.9 Å². The molecular formula is C17H28FNO. The topological polar surface area (TPSA) is 29.1 Å². The Morgan fingerprint density at radius 1 is 1.20 bits per heavy atom. The van der Waals surface area contributed by atoms with Crippen LogP contribution in [0.2, 0.25) is 0 Å². The molecule has 2 nitrogen and oxygen atoms in total. The van der Waals surface area contributed by atoms with Crippen LogP contribution in [0.5, 0.6) is 0 Å². The molecule has 1 aliphatic carbocycles. The summed E-state index contributed by atoms with van der Waals surface area (Å²) in [5.41, 5.74) is 0.518. The number of benzene rings is 1. The summed E-state index contributed by atoms with van der Waals surface area (Å²) in [4.78, 5) is 11.7. The van der Waals surface area contributed by atoms with E-state index in [1.807, 2.05) is 34.6 Å². The van der Waals surface area contributed by atoms with E-state index in [9.17, 15) is 9.18 Å². The molecule has 1 saturated carbocycles. The first kappa shape index (κ1) is 18.6. The minimum atomic E-state index is -0.317. The summed E-state index contributed by atoms with van der Waals surface area (Å²) in [6.07, 6.45) is 3.63. The average molecular weight is 281 g/mol. The van der Waals surface area contributed by atoms with E-state index < -0.39 is 0 Å². The van der Waals surface area contributed by atoms with Crippen LogP contribution in [0.1, 0.15) is 64.2 Å². The van der Waals surface area contributed by atoms with Crippen molar-refractivity contribution < 1.29 is 9.18 Å². The Hall–Kier alpha value is -1.38. The highest BCUT2D eigenvalue weighted by atomic mass is 19.1. The summed E-state index contributed by atoms with van der Waals surface area (Å²) in [6, 6.07) is 5.83. The predicted molar refractivity (Wildman–Crippen MR) is 83.4 cm³/mol.